The number of amides is 1. The van der Waals surface area contributed by atoms with Crippen molar-refractivity contribution < 1.29 is 4.79 Å². The first kappa shape index (κ1) is 13.6. The highest BCUT2D eigenvalue weighted by Gasteiger charge is 2.11. The molecule has 0 bridgehead atoms. The van der Waals surface area contributed by atoms with E-state index in [1.807, 2.05) is 25.1 Å². The zero-order chi connectivity index (χ0) is 12.8. The second-order valence-corrected chi connectivity index (χ2v) is 4.61. The van der Waals surface area contributed by atoms with E-state index in [1.54, 1.807) is 6.92 Å². The summed E-state index contributed by atoms with van der Waals surface area (Å²) in [5.41, 5.74) is 2.03. The first-order chi connectivity index (χ1) is 8.04. The molecular formula is C13H15BrN2O. The molecule has 0 radical (unpaired) electrons. The van der Waals surface area contributed by atoms with Gasteiger partial charge in [0.1, 0.15) is 6.04 Å². The van der Waals surface area contributed by atoms with Crippen LogP contribution in [0.25, 0.3) is 0 Å². The topological polar surface area (TPSA) is 41.1 Å². The molecule has 0 aliphatic rings. The largest absolute Gasteiger partial charge is 0.374 e. The smallest absolute Gasteiger partial charge is 0.242 e. The Morgan fingerprint density at radius 2 is 2.29 bits per heavy atom. The summed E-state index contributed by atoms with van der Waals surface area (Å²) in [5.74, 6) is 2.26. The van der Waals surface area contributed by atoms with Gasteiger partial charge in [0.05, 0.1) is 6.54 Å². The van der Waals surface area contributed by atoms with Gasteiger partial charge in [-0.2, -0.15) is 0 Å². The lowest BCUT2D eigenvalue weighted by Crippen LogP contribution is -2.37. The number of rotatable bonds is 4. The van der Waals surface area contributed by atoms with Gasteiger partial charge in [-0.1, -0.05) is 21.9 Å². The lowest BCUT2D eigenvalue weighted by atomic mass is 10.2. The molecule has 0 fully saturated rings. The Balaban J connectivity index is 2.62. The second-order valence-electron chi connectivity index (χ2n) is 3.75. The minimum atomic E-state index is -0.316. The molecule has 0 saturated carbocycles. The summed E-state index contributed by atoms with van der Waals surface area (Å²) >= 11 is 3.43. The van der Waals surface area contributed by atoms with Crippen LogP contribution in [0.2, 0.25) is 0 Å². The summed E-state index contributed by atoms with van der Waals surface area (Å²) in [6.07, 6.45) is 5.08. The predicted octanol–water partition coefficient (Wildman–Crippen LogP) is 2.31. The van der Waals surface area contributed by atoms with Crippen molar-refractivity contribution in [2.75, 3.05) is 11.9 Å². The van der Waals surface area contributed by atoms with Gasteiger partial charge in [0.25, 0.3) is 0 Å². The van der Waals surface area contributed by atoms with E-state index in [4.69, 9.17) is 6.42 Å². The molecule has 17 heavy (non-hydrogen) atoms. The van der Waals surface area contributed by atoms with Gasteiger partial charge in [-0.25, -0.2) is 0 Å². The van der Waals surface area contributed by atoms with E-state index in [1.165, 1.54) is 0 Å². The van der Waals surface area contributed by atoms with Crippen LogP contribution >= 0.6 is 15.9 Å². The highest BCUT2D eigenvalue weighted by Crippen LogP contribution is 2.20. The van der Waals surface area contributed by atoms with Crippen LogP contribution in [-0.4, -0.2) is 18.5 Å². The van der Waals surface area contributed by atoms with Gasteiger partial charge >= 0.3 is 0 Å². The molecule has 0 aliphatic carbocycles. The fraction of sp³-hybridized carbons (Fsp3) is 0.308. The zero-order valence-electron chi connectivity index (χ0n) is 9.88. The molecule has 1 unspecified atom stereocenters. The molecule has 0 aliphatic heterocycles. The van der Waals surface area contributed by atoms with Crippen LogP contribution in [-0.2, 0) is 4.79 Å². The van der Waals surface area contributed by atoms with Crippen molar-refractivity contribution in [2.24, 2.45) is 0 Å². The number of hydrogen-bond donors (Lipinski definition) is 2. The van der Waals surface area contributed by atoms with Crippen molar-refractivity contribution >= 4 is 27.5 Å². The number of aryl methyl sites for hydroxylation is 1. The molecule has 0 spiro atoms. The molecule has 1 aromatic carbocycles. The van der Waals surface area contributed by atoms with Crippen molar-refractivity contribution in [3.63, 3.8) is 0 Å². The first-order valence-electron chi connectivity index (χ1n) is 5.28. The van der Waals surface area contributed by atoms with Crippen molar-refractivity contribution in [3.8, 4) is 12.3 Å². The molecule has 0 heterocycles. The molecule has 2 N–H and O–H groups in total. The normalized spacial score (nSPS) is 11.4. The summed E-state index contributed by atoms with van der Waals surface area (Å²) in [4.78, 5) is 11.6. The monoisotopic (exact) mass is 294 g/mol. The number of benzene rings is 1. The fourth-order valence-electron chi connectivity index (χ4n) is 1.34. The van der Waals surface area contributed by atoms with Crippen molar-refractivity contribution in [3.05, 3.63) is 28.2 Å². The predicted molar refractivity (Wildman–Crippen MR) is 73.8 cm³/mol. The van der Waals surface area contributed by atoms with Gasteiger partial charge in [-0.05, 0) is 37.6 Å². The maximum atomic E-state index is 11.6. The van der Waals surface area contributed by atoms with Gasteiger partial charge in [0.2, 0.25) is 5.91 Å². The maximum Gasteiger partial charge on any atom is 0.242 e. The first-order valence-corrected chi connectivity index (χ1v) is 6.07. The van der Waals surface area contributed by atoms with E-state index in [9.17, 15) is 4.79 Å². The van der Waals surface area contributed by atoms with Gasteiger partial charge in [0.15, 0.2) is 0 Å². The molecule has 3 nitrogen and oxygen atoms in total. The summed E-state index contributed by atoms with van der Waals surface area (Å²) in [7, 11) is 0. The number of carbonyl (C=O) groups is 1. The van der Waals surface area contributed by atoms with Crippen molar-refractivity contribution in [1.29, 1.82) is 0 Å². The van der Waals surface area contributed by atoms with E-state index < -0.39 is 0 Å². The number of anilines is 1. The molecule has 0 aromatic heterocycles. The average molecular weight is 295 g/mol. The third-order valence-electron chi connectivity index (χ3n) is 2.30. The molecule has 1 rings (SSSR count). The van der Waals surface area contributed by atoms with Crippen molar-refractivity contribution in [1.82, 2.24) is 5.32 Å². The third kappa shape index (κ3) is 4.12. The van der Waals surface area contributed by atoms with E-state index in [0.717, 1.165) is 15.7 Å². The number of halogens is 1. The highest BCUT2D eigenvalue weighted by molar-refractivity contribution is 9.10. The third-order valence-corrected chi connectivity index (χ3v) is 3.19. The lowest BCUT2D eigenvalue weighted by molar-refractivity contribution is -0.121. The highest BCUT2D eigenvalue weighted by atomic mass is 79.9. The van der Waals surface area contributed by atoms with Crippen molar-refractivity contribution in [2.45, 2.75) is 19.9 Å². The van der Waals surface area contributed by atoms with Crippen LogP contribution in [0.1, 0.15) is 12.5 Å². The standard InChI is InChI=1S/C13H15BrN2O/c1-4-7-15-13(17)10(3)16-11-5-6-12(14)9(2)8-11/h1,5-6,8,10,16H,7H2,2-3H3,(H,15,17). The van der Waals surface area contributed by atoms with Gasteiger partial charge in [0, 0.05) is 10.2 Å². The van der Waals surface area contributed by atoms with E-state index in [-0.39, 0.29) is 18.5 Å². The number of carbonyl (C=O) groups excluding carboxylic acids is 1. The van der Waals surface area contributed by atoms with Crippen LogP contribution in [0.15, 0.2) is 22.7 Å². The van der Waals surface area contributed by atoms with Gasteiger partial charge in [-0.15, -0.1) is 6.42 Å². The number of terminal acetylenes is 1. The summed E-state index contributed by atoms with van der Waals surface area (Å²) in [6.45, 7) is 4.05. The van der Waals surface area contributed by atoms with E-state index in [2.05, 4.69) is 32.5 Å². The summed E-state index contributed by atoms with van der Waals surface area (Å²) < 4.78 is 1.05. The van der Waals surface area contributed by atoms with Gasteiger partial charge < -0.3 is 10.6 Å². The zero-order valence-corrected chi connectivity index (χ0v) is 11.5. The molecular weight excluding hydrogens is 280 g/mol. The van der Waals surface area contributed by atoms with Crippen LogP contribution in [0.4, 0.5) is 5.69 Å². The van der Waals surface area contributed by atoms with Crippen LogP contribution in [0.3, 0.4) is 0 Å². The Bertz CT molecular complexity index is 451. The summed E-state index contributed by atoms with van der Waals surface area (Å²) in [6, 6.07) is 5.53. The molecule has 1 amide bonds. The average Bonchev–Trinajstić information content (AvgIpc) is 2.30. The minimum Gasteiger partial charge on any atom is -0.374 e. The maximum absolute atomic E-state index is 11.6. The molecule has 0 saturated heterocycles. The Kier molecular flexibility index (Phi) is 5.05. The quantitative estimate of drug-likeness (QED) is 0.837. The Morgan fingerprint density at radius 3 is 2.88 bits per heavy atom. The molecule has 1 atom stereocenters. The van der Waals surface area contributed by atoms with Crippen LogP contribution in [0.5, 0.6) is 0 Å². The van der Waals surface area contributed by atoms with E-state index in [0.29, 0.717) is 0 Å². The van der Waals surface area contributed by atoms with E-state index >= 15 is 0 Å². The van der Waals surface area contributed by atoms with Crippen LogP contribution in [0, 0.1) is 19.3 Å². The number of nitrogens with one attached hydrogen (secondary N) is 2. The lowest BCUT2D eigenvalue weighted by Gasteiger charge is -2.15. The second kappa shape index (κ2) is 6.31. The summed E-state index contributed by atoms with van der Waals surface area (Å²) in [5, 5.41) is 5.75. The fourth-order valence-corrected chi connectivity index (χ4v) is 1.59. The molecule has 4 heteroatoms. The number of hydrogen-bond acceptors (Lipinski definition) is 2. The van der Waals surface area contributed by atoms with Crippen LogP contribution < -0.4 is 10.6 Å². The SMILES string of the molecule is C#CCNC(=O)C(C)Nc1ccc(Br)c(C)c1. The Morgan fingerprint density at radius 1 is 1.59 bits per heavy atom. The molecule has 90 valence electrons. The Labute approximate surface area is 110 Å². The van der Waals surface area contributed by atoms with Gasteiger partial charge in [-0.3, -0.25) is 4.79 Å². The minimum absolute atomic E-state index is 0.108. The Hall–Kier alpha value is -1.47. The molecule has 1 aromatic rings.